The lowest BCUT2D eigenvalue weighted by Crippen LogP contribution is -2.32. The Hall–Kier alpha value is -0.800. The minimum Gasteiger partial charge on any atom is -0.468 e. The van der Waals surface area contributed by atoms with Crippen LogP contribution >= 0.6 is 0 Å². The standard InChI is InChI=1S/C16H28N2O/c1-4-8-17-10-15-7-9-19-16(15)12-18(13(2)3)11-14-5-6-14/h7,9,13-14,17H,4-6,8,10-12H2,1-3H3. The van der Waals surface area contributed by atoms with Gasteiger partial charge in [0.2, 0.25) is 0 Å². The molecule has 1 aromatic heterocycles. The van der Waals surface area contributed by atoms with Gasteiger partial charge >= 0.3 is 0 Å². The van der Waals surface area contributed by atoms with E-state index in [-0.39, 0.29) is 0 Å². The highest BCUT2D eigenvalue weighted by molar-refractivity contribution is 5.17. The molecule has 0 bridgehead atoms. The summed E-state index contributed by atoms with van der Waals surface area (Å²) in [5.74, 6) is 2.07. The molecule has 0 unspecified atom stereocenters. The maximum absolute atomic E-state index is 5.70. The van der Waals surface area contributed by atoms with Crippen LogP contribution in [-0.2, 0) is 13.1 Å². The zero-order chi connectivity index (χ0) is 13.7. The van der Waals surface area contributed by atoms with Gasteiger partial charge in [0.15, 0.2) is 0 Å². The number of rotatable bonds is 9. The summed E-state index contributed by atoms with van der Waals surface area (Å²) in [5, 5.41) is 3.45. The summed E-state index contributed by atoms with van der Waals surface area (Å²) < 4.78 is 5.70. The number of nitrogens with zero attached hydrogens (tertiary/aromatic N) is 1. The molecule has 0 spiro atoms. The number of hydrogen-bond donors (Lipinski definition) is 1. The van der Waals surface area contributed by atoms with E-state index >= 15 is 0 Å². The molecule has 0 aliphatic heterocycles. The van der Waals surface area contributed by atoms with E-state index < -0.39 is 0 Å². The van der Waals surface area contributed by atoms with Crippen LogP contribution in [-0.4, -0.2) is 24.0 Å². The zero-order valence-corrected chi connectivity index (χ0v) is 12.6. The van der Waals surface area contributed by atoms with Gasteiger partial charge in [-0.2, -0.15) is 0 Å². The smallest absolute Gasteiger partial charge is 0.122 e. The van der Waals surface area contributed by atoms with E-state index in [4.69, 9.17) is 4.42 Å². The van der Waals surface area contributed by atoms with Crippen molar-refractivity contribution in [3.8, 4) is 0 Å². The second-order valence-electron chi connectivity index (χ2n) is 6.01. The normalized spacial score (nSPS) is 15.6. The van der Waals surface area contributed by atoms with Gasteiger partial charge in [-0.3, -0.25) is 4.90 Å². The summed E-state index contributed by atoms with van der Waals surface area (Å²) in [7, 11) is 0. The fraction of sp³-hybridized carbons (Fsp3) is 0.750. The van der Waals surface area contributed by atoms with E-state index in [1.807, 2.05) is 6.26 Å². The van der Waals surface area contributed by atoms with Crippen molar-refractivity contribution < 1.29 is 4.42 Å². The predicted molar refractivity (Wildman–Crippen MR) is 79.0 cm³/mol. The molecule has 0 radical (unpaired) electrons. The fourth-order valence-electron chi connectivity index (χ4n) is 2.34. The van der Waals surface area contributed by atoms with Gasteiger partial charge < -0.3 is 9.73 Å². The van der Waals surface area contributed by atoms with Crippen LogP contribution in [0.15, 0.2) is 16.7 Å². The first kappa shape index (κ1) is 14.6. The Labute approximate surface area is 117 Å². The van der Waals surface area contributed by atoms with Gasteiger partial charge in [0.05, 0.1) is 12.8 Å². The Morgan fingerprint density at radius 3 is 2.84 bits per heavy atom. The Kier molecular flexibility index (Phi) is 5.46. The maximum atomic E-state index is 5.70. The minimum absolute atomic E-state index is 0.585. The molecule has 1 aliphatic carbocycles. The third-order valence-electron chi connectivity index (χ3n) is 3.85. The van der Waals surface area contributed by atoms with Gasteiger partial charge in [-0.05, 0) is 51.6 Å². The lowest BCUT2D eigenvalue weighted by molar-refractivity contribution is 0.187. The monoisotopic (exact) mass is 264 g/mol. The van der Waals surface area contributed by atoms with E-state index in [2.05, 4.69) is 37.1 Å². The summed E-state index contributed by atoms with van der Waals surface area (Å²) in [6.07, 6.45) is 5.82. The van der Waals surface area contributed by atoms with E-state index in [0.717, 1.165) is 31.3 Å². The lowest BCUT2D eigenvalue weighted by Gasteiger charge is -2.25. The molecule has 1 fully saturated rings. The van der Waals surface area contributed by atoms with E-state index in [1.54, 1.807) is 0 Å². The van der Waals surface area contributed by atoms with Crippen molar-refractivity contribution in [3.63, 3.8) is 0 Å². The predicted octanol–water partition coefficient (Wildman–Crippen LogP) is 3.40. The summed E-state index contributed by atoms with van der Waals surface area (Å²) in [6, 6.07) is 2.69. The van der Waals surface area contributed by atoms with Crippen molar-refractivity contribution in [2.75, 3.05) is 13.1 Å². The molecule has 19 heavy (non-hydrogen) atoms. The minimum atomic E-state index is 0.585. The fourth-order valence-corrected chi connectivity index (χ4v) is 2.34. The van der Waals surface area contributed by atoms with Gasteiger partial charge in [-0.1, -0.05) is 6.92 Å². The van der Waals surface area contributed by atoms with Gasteiger partial charge in [0.25, 0.3) is 0 Å². The summed E-state index contributed by atoms with van der Waals surface area (Å²) in [4.78, 5) is 2.54. The third-order valence-corrected chi connectivity index (χ3v) is 3.85. The first-order chi connectivity index (χ1) is 9.20. The molecular weight excluding hydrogens is 236 g/mol. The van der Waals surface area contributed by atoms with Gasteiger partial charge in [-0.15, -0.1) is 0 Å². The third kappa shape index (κ3) is 4.66. The zero-order valence-electron chi connectivity index (χ0n) is 12.6. The average molecular weight is 264 g/mol. The largest absolute Gasteiger partial charge is 0.468 e. The molecule has 0 saturated heterocycles. The highest BCUT2D eigenvalue weighted by atomic mass is 16.3. The van der Waals surface area contributed by atoms with Crippen molar-refractivity contribution in [2.45, 2.75) is 59.2 Å². The van der Waals surface area contributed by atoms with E-state index in [9.17, 15) is 0 Å². The second-order valence-corrected chi connectivity index (χ2v) is 6.01. The first-order valence-corrected chi connectivity index (χ1v) is 7.70. The van der Waals surface area contributed by atoms with E-state index in [1.165, 1.54) is 31.4 Å². The number of hydrogen-bond acceptors (Lipinski definition) is 3. The average Bonchev–Trinajstić information content (AvgIpc) is 3.09. The Bertz CT molecular complexity index is 369. The number of furan rings is 1. The summed E-state index contributed by atoms with van der Waals surface area (Å²) >= 11 is 0. The second kappa shape index (κ2) is 7.11. The molecular formula is C16H28N2O. The molecule has 1 N–H and O–H groups in total. The SMILES string of the molecule is CCCNCc1ccoc1CN(CC1CC1)C(C)C. The Balaban J connectivity index is 1.90. The molecule has 1 heterocycles. The van der Waals surface area contributed by atoms with Crippen molar-refractivity contribution >= 4 is 0 Å². The van der Waals surface area contributed by atoms with Crippen molar-refractivity contribution in [1.82, 2.24) is 10.2 Å². The van der Waals surface area contributed by atoms with Gasteiger partial charge in [-0.25, -0.2) is 0 Å². The van der Waals surface area contributed by atoms with Crippen LogP contribution in [0.4, 0.5) is 0 Å². The lowest BCUT2D eigenvalue weighted by atomic mass is 10.2. The molecule has 1 aromatic rings. The van der Waals surface area contributed by atoms with Gasteiger partial charge in [0.1, 0.15) is 5.76 Å². The van der Waals surface area contributed by atoms with Gasteiger partial charge in [0, 0.05) is 24.7 Å². The highest BCUT2D eigenvalue weighted by Gasteiger charge is 2.26. The van der Waals surface area contributed by atoms with Crippen LogP contribution in [0.25, 0.3) is 0 Å². The first-order valence-electron chi connectivity index (χ1n) is 7.70. The van der Waals surface area contributed by atoms with Crippen LogP contribution in [0.5, 0.6) is 0 Å². The quantitative estimate of drug-likeness (QED) is 0.693. The molecule has 1 saturated carbocycles. The maximum Gasteiger partial charge on any atom is 0.122 e. The molecule has 3 heteroatoms. The van der Waals surface area contributed by atoms with Crippen LogP contribution in [0.1, 0.15) is 51.4 Å². The summed E-state index contributed by atoms with van der Waals surface area (Å²) in [5.41, 5.74) is 1.31. The van der Waals surface area contributed by atoms with Crippen molar-refractivity contribution in [3.05, 3.63) is 23.7 Å². The van der Waals surface area contributed by atoms with Crippen LogP contribution < -0.4 is 5.32 Å². The highest BCUT2D eigenvalue weighted by Crippen LogP contribution is 2.31. The molecule has 1 aliphatic rings. The topological polar surface area (TPSA) is 28.4 Å². The molecule has 108 valence electrons. The summed E-state index contributed by atoms with van der Waals surface area (Å²) in [6.45, 7) is 10.9. The Morgan fingerprint density at radius 1 is 1.42 bits per heavy atom. The Morgan fingerprint density at radius 2 is 2.21 bits per heavy atom. The van der Waals surface area contributed by atoms with E-state index in [0.29, 0.717) is 6.04 Å². The van der Waals surface area contributed by atoms with Crippen LogP contribution in [0, 0.1) is 5.92 Å². The number of nitrogens with one attached hydrogen (secondary N) is 1. The molecule has 3 nitrogen and oxygen atoms in total. The molecule has 0 amide bonds. The molecule has 0 aromatic carbocycles. The van der Waals surface area contributed by atoms with Crippen LogP contribution in [0.2, 0.25) is 0 Å². The van der Waals surface area contributed by atoms with Crippen molar-refractivity contribution in [2.24, 2.45) is 5.92 Å². The molecule has 0 atom stereocenters. The van der Waals surface area contributed by atoms with Crippen molar-refractivity contribution in [1.29, 1.82) is 0 Å². The molecule has 2 rings (SSSR count). The van der Waals surface area contributed by atoms with Crippen LogP contribution in [0.3, 0.4) is 0 Å².